The summed E-state index contributed by atoms with van der Waals surface area (Å²) in [5.74, 6) is -1.58. The van der Waals surface area contributed by atoms with Gasteiger partial charge < -0.3 is 10.6 Å². The molecule has 0 aliphatic carbocycles. The molecular weight excluding hydrogens is 411 g/mol. The summed E-state index contributed by atoms with van der Waals surface area (Å²) < 4.78 is 61.7. The van der Waals surface area contributed by atoms with Gasteiger partial charge in [-0.3, -0.25) is 9.59 Å². The lowest BCUT2D eigenvalue weighted by molar-refractivity contribution is -0.114. The maximum absolute atomic E-state index is 12.8. The molecule has 0 radical (unpaired) electrons. The van der Waals surface area contributed by atoms with Gasteiger partial charge in [0.25, 0.3) is 15.7 Å². The molecule has 1 aromatic carbocycles. The van der Waals surface area contributed by atoms with Crippen LogP contribution >= 0.6 is 11.6 Å². The third-order valence-corrected chi connectivity index (χ3v) is 4.88. The van der Waals surface area contributed by atoms with Crippen molar-refractivity contribution in [2.75, 3.05) is 10.6 Å². The van der Waals surface area contributed by atoms with E-state index < -0.39 is 37.7 Å². The van der Waals surface area contributed by atoms with Gasteiger partial charge in [0.1, 0.15) is 0 Å². The lowest BCUT2D eigenvalue weighted by Crippen LogP contribution is -2.27. The van der Waals surface area contributed by atoms with Crippen molar-refractivity contribution in [3.05, 3.63) is 47.1 Å². The topological polar surface area (TPSA) is 105 Å². The van der Waals surface area contributed by atoms with E-state index in [1.165, 1.54) is 25.1 Å². The molecule has 0 fully saturated rings. The third-order valence-electron chi connectivity index (χ3n) is 3.11. The number of pyridine rings is 1. The number of nitrogens with one attached hydrogen (secondary N) is 2. The van der Waals surface area contributed by atoms with E-state index in [0.29, 0.717) is 0 Å². The lowest BCUT2D eigenvalue weighted by Gasteiger charge is -2.13. The molecule has 1 heterocycles. The molecule has 0 spiro atoms. The van der Waals surface area contributed by atoms with Crippen LogP contribution in [0.4, 0.5) is 24.5 Å². The van der Waals surface area contributed by atoms with Crippen LogP contribution < -0.4 is 10.6 Å². The number of hydrogen-bond acceptors (Lipinski definition) is 5. The summed E-state index contributed by atoms with van der Waals surface area (Å²) in [6.07, 6.45) is 0.819. The van der Waals surface area contributed by atoms with E-state index in [1.54, 1.807) is 0 Å². The zero-order valence-corrected chi connectivity index (χ0v) is 15.0. The van der Waals surface area contributed by atoms with Gasteiger partial charge in [-0.1, -0.05) is 11.6 Å². The fourth-order valence-electron chi connectivity index (χ4n) is 1.98. The van der Waals surface area contributed by atoms with E-state index in [2.05, 4.69) is 15.6 Å². The van der Waals surface area contributed by atoms with Crippen molar-refractivity contribution in [2.45, 2.75) is 17.5 Å². The van der Waals surface area contributed by atoms with Crippen LogP contribution in [0.15, 0.2) is 41.6 Å². The van der Waals surface area contributed by atoms with Crippen molar-refractivity contribution >= 4 is 44.6 Å². The van der Waals surface area contributed by atoms with Crippen molar-refractivity contribution in [3.8, 4) is 0 Å². The number of rotatable bonds is 4. The first kappa shape index (κ1) is 20.6. The molecule has 27 heavy (non-hydrogen) atoms. The molecule has 2 aromatic rings. The van der Waals surface area contributed by atoms with Gasteiger partial charge in [-0.05, 0) is 30.3 Å². The lowest BCUT2D eigenvalue weighted by atomic mass is 10.2. The molecular formula is C15H11ClF3N3O4S. The maximum atomic E-state index is 12.8. The molecule has 0 aliphatic heterocycles. The minimum Gasteiger partial charge on any atom is -0.326 e. The van der Waals surface area contributed by atoms with Gasteiger partial charge in [-0.2, -0.15) is 13.2 Å². The average molecular weight is 422 g/mol. The Bertz CT molecular complexity index is 1010. The second kappa shape index (κ2) is 7.53. The van der Waals surface area contributed by atoms with Gasteiger partial charge in [-0.15, -0.1) is 0 Å². The smallest absolute Gasteiger partial charge is 0.326 e. The van der Waals surface area contributed by atoms with E-state index >= 15 is 0 Å². The van der Waals surface area contributed by atoms with Crippen LogP contribution in [0.5, 0.6) is 0 Å². The molecule has 2 amide bonds. The minimum absolute atomic E-state index is 0.0153. The van der Waals surface area contributed by atoms with E-state index in [-0.39, 0.29) is 16.4 Å². The summed E-state index contributed by atoms with van der Waals surface area (Å²) >= 11 is 5.93. The number of benzene rings is 1. The number of aromatic nitrogens is 1. The van der Waals surface area contributed by atoms with Crippen LogP contribution in [0.3, 0.4) is 0 Å². The number of alkyl halides is 3. The second-order valence-electron chi connectivity index (χ2n) is 5.14. The molecule has 2 rings (SSSR count). The molecule has 0 unspecified atom stereocenters. The molecule has 7 nitrogen and oxygen atoms in total. The fourth-order valence-corrected chi connectivity index (χ4v) is 3.01. The van der Waals surface area contributed by atoms with Gasteiger partial charge in [-0.25, -0.2) is 13.4 Å². The van der Waals surface area contributed by atoms with Gasteiger partial charge in [0.15, 0.2) is 5.03 Å². The zero-order chi connectivity index (χ0) is 20.4. The molecule has 144 valence electrons. The Hall–Kier alpha value is -2.66. The first-order chi connectivity index (χ1) is 12.4. The number of hydrogen-bond donors (Lipinski definition) is 2. The predicted octanol–water partition coefficient (Wildman–Crippen LogP) is 3.24. The third kappa shape index (κ3) is 4.55. The molecule has 0 saturated heterocycles. The van der Waals surface area contributed by atoms with Crippen LogP contribution in [-0.2, 0) is 14.6 Å². The molecule has 1 aromatic heterocycles. The SMILES string of the molecule is CC(=O)Nc1ccc(Cl)c(NC(=O)c2cccnc2S(=O)(=O)C(F)(F)F)c1. The van der Waals surface area contributed by atoms with Gasteiger partial charge >= 0.3 is 5.51 Å². The van der Waals surface area contributed by atoms with E-state index in [1.807, 2.05) is 0 Å². The number of sulfone groups is 1. The summed E-state index contributed by atoms with van der Waals surface area (Å²) in [7, 11) is -5.84. The van der Waals surface area contributed by atoms with Gasteiger partial charge in [0, 0.05) is 18.8 Å². The quantitative estimate of drug-likeness (QED) is 0.788. The van der Waals surface area contributed by atoms with Gasteiger partial charge in [0.05, 0.1) is 16.3 Å². The number of carbonyl (C=O) groups excluding carboxylic acids is 2. The Morgan fingerprint density at radius 2 is 1.81 bits per heavy atom. The van der Waals surface area contributed by atoms with E-state index in [0.717, 1.165) is 18.3 Å². The van der Waals surface area contributed by atoms with Crippen molar-refractivity contribution in [3.63, 3.8) is 0 Å². The number of amides is 2. The highest BCUT2D eigenvalue weighted by Gasteiger charge is 2.49. The molecule has 12 heteroatoms. The van der Waals surface area contributed by atoms with Crippen molar-refractivity contribution < 1.29 is 31.2 Å². The van der Waals surface area contributed by atoms with E-state index in [9.17, 15) is 31.2 Å². The number of nitrogens with zero attached hydrogens (tertiary/aromatic N) is 1. The van der Waals surface area contributed by atoms with E-state index in [4.69, 9.17) is 11.6 Å². The first-order valence-electron chi connectivity index (χ1n) is 7.08. The average Bonchev–Trinajstić information content (AvgIpc) is 2.56. The monoisotopic (exact) mass is 421 g/mol. The summed E-state index contributed by atoms with van der Waals surface area (Å²) in [4.78, 5) is 26.7. The Labute approximate surface area is 156 Å². The summed E-state index contributed by atoms with van der Waals surface area (Å²) in [6, 6.07) is 6.02. The molecule has 0 saturated carbocycles. The summed E-state index contributed by atoms with van der Waals surface area (Å²) in [5.41, 5.74) is -6.22. The first-order valence-corrected chi connectivity index (χ1v) is 8.94. The second-order valence-corrected chi connectivity index (χ2v) is 7.40. The highest BCUT2D eigenvalue weighted by molar-refractivity contribution is 7.92. The Kier molecular flexibility index (Phi) is 5.76. The molecule has 0 bridgehead atoms. The van der Waals surface area contributed by atoms with Crippen LogP contribution in [0.2, 0.25) is 5.02 Å². The predicted molar refractivity (Wildman–Crippen MR) is 91.2 cm³/mol. The highest BCUT2D eigenvalue weighted by atomic mass is 35.5. The number of carbonyl (C=O) groups is 2. The standard InChI is InChI=1S/C15H11ClF3N3O4S/c1-8(23)21-9-4-5-11(16)12(7-9)22-13(24)10-3-2-6-20-14(10)27(25,26)15(17,18)19/h2-7H,1H3,(H,21,23)(H,22,24). The van der Waals surface area contributed by atoms with Crippen LogP contribution in [0, 0.1) is 0 Å². The van der Waals surface area contributed by atoms with Crippen LogP contribution in [0.1, 0.15) is 17.3 Å². The highest BCUT2D eigenvalue weighted by Crippen LogP contribution is 2.32. The molecule has 0 aliphatic rings. The van der Waals surface area contributed by atoms with Crippen molar-refractivity contribution in [1.29, 1.82) is 0 Å². The van der Waals surface area contributed by atoms with Crippen molar-refractivity contribution in [2.24, 2.45) is 0 Å². The Morgan fingerprint density at radius 1 is 1.15 bits per heavy atom. The largest absolute Gasteiger partial charge is 0.503 e. The Balaban J connectivity index is 2.43. The Morgan fingerprint density at radius 3 is 2.41 bits per heavy atom. The van der Waals surface area contributed by atoms with Crippen molar-refractivity contribution in [1.82, 2.24) is 4.98 Å². The fraction of sp³-hybridized carbons (Fsp3) is 0.133. The molecule has 0 atom stereocenters. The maximum Gasteiger partial charge on any atom is 0.503 e. The molecule has 2 N–H and O–H groups in total. The van der Waals surface area contributed by atoms with Crippen LogP contribution in [-0.4, -0.2) is 30.7 Å². The number of halogens is 4. The summed E-state index contributed by atoms with van der Waals surface area (Å²) in [5, 5.41) is 3.23. The zero-order valence-electron chi connectivity index (χ0n) is 13.5. The van der Waals surface area contributed by atoms with Crippen LogP contribution in [0.25, 0.3) is 0 Å². The van der Waals surface area contributed by atoms with Gasteiger partial charge in [0.2, 0.25) is 5.91 Å². The number of anilines is 2. The summed E-state index contributed by atoms with van der Waals surface area (Å²) in [6.45, 7) is 1.25. The minimum atomic E-state index is -5.84. The normalized spacial score (nSPS) is 11.7.